The van der Waals surface area contributed by atoms with Gasteiger partial charge in [-0.15, -0.1) is 11.3 Å². The van der Waals surface area contributed by atoms with Gasteiger partial charge in [0.15, 0.2) is 4.96 Å². The van der Waals surface area contributed by atoms with Crippen molar-refractivity contribution in [3.05, 3.63) is 69.2 Å². The number of aromatic amines is 1. The first-order chi connectivity index (χ1) is 13.1. The van der Waals surface area contributed by atoms with Gasteiger partial charge in [0.1, 0.15) is 6.61 Å². The van der Waals surface area contributed by atoms with Crippen LogP contribution in [-0.2, 0) is 22.6 Å². The van der Waals surface area contributed by atoms with Crippen LogP contribution in [0.5, 0.6) is 0 Å². The number of benzene rings is 1. The highest BCUT2D eigenvalue weighted by Gasteiger charge is 2.10. The summed E-state index contributed by atoms with van der Waals surface area (Å²) in [5, 5.41) is 3.07. The van der Waals surface area contributed by atoms with Crippen molar-refractivity contribution in [1.29, 1.82) is 0 Å². The Labute approximate surface area is 159 Å². The summed E-state index contributed by atoms with van der Waals surface area (Å²) < 4.78 is 6.85. The molecule has 0 bridgehead atoms. The minimum Gasteiger partial charge on any atom is -0.459 e. The standard InChI is InChI=1S/C20H19N3O3S/c1-13-12-27-20-22-15(9-18(24)23(13)20)11-26-19(25)8-4-5-14-10-21-17-7-3-2-6-16(14)17/h2-3,6-7,9-10,12,21H,4-5,8,11H2,1H3. The fourth-order valence-corrected chi connectivity index (χ4v) is 4.05. The number of thiazole rings is 1. The number of aryl methyl sites for hydroxylation is 2. The first-order valence-electron chi connectivity index (χ1n) is 8.79. The SMILES string of the molecule is Cc1csc2nc(COC(=O)CCCc3c[nH]c4ccccc34)cc(=O)n12. The maximum atomic E-state index is 12.1. The van der Waals surface area contributed by atoms with Gasteiger partial charge in [0, 0.05) is 40.7 Å². The number of ether oxygens (including phenoxy) is 1. The van der Waals surface area contributed by atoms with E-state index in [4.69, 9.17) is 4.74 Å². The number of hydrogen-bond donors (Lipinski definition) is 1. The van der Waals surface area contributed by atoms with Crippen LogP contribution in [0.1, 0.15) is 29.8 Å². The van der Waals surface area contributed by atoms with Crippen LogP contribution in [0.25, 0.3) is 15.9 Å². The summed E-state index contributed by atoms with van der Waals surface area (Å²) in [5.74, 6) is -0.279. The molecule has 0 atom stereocenters. The van der Waals surface area contributed by atoms with Gasteiger partial charge in [0.2, 0.25) is 0 Å². The molecule has 0 aliphatic carbocycles. The van der Waals surface area contributed by atoms with Gasteiger partial charge in [0.25, 0.3) is 5.56 Å². The predicted octanol–water partition coefficient (Wildman–Crippen LogP) is 3.61. The van der Waals surface area contributed by atoms with Crippen molar-refractivity contribution in [3.8, 4) is 0 Å². The summed E-state index contributed by atoms with van der Waals surface area (Å²) in [6.45, 7) is 1.88. The molecule has 0 aliphatic rings. The van der Waals surface area contributed by atoms with E-state index in [1.165, 1.54) is 28.4 Å². The predicted molar refractivity (Wildman–Crippen MR) is 105 cm³/mol. The maximum absolute atomic E-state index is 12.1. The van der Waals surface area contributed by atoms with Crippen molar-refractivity contribution in [3.63, 3.8) is 0 Å². The Hall–Kier alpha value is -2.93. The van der Waals surface area contributed by atoms with Gasteiger partial charge in [-0.1, -0.05) is 18.2 Å². The minimum absolute atomic E-state index is 0.0224. The quantitative estimate of drug-likeness (QED) is 0.518. The van der Waals surface area contributed by atoms with Gasteiger partial charge >= 0.3 is 5.97 Å². The molecule has 0 radical (unpaired) electrons. The average molecular weight is 381 g/mol. The first kappa shape index (κ1) is 17.5. The topological polar surface area (TPSA) is 76.5 Å². The maximum Gasteiger partial charge on any atom is 0.306 e. The number of aromatic nitrogens is 3. The molecule has 0 saturated heterocycles. The second-order valence-corrected chi connectivity index (χ2v) is 7.29. The Morgan fingerprint density at radius 3 is 3.07 bits per heavy atom. The number of carbonyl (C=O) groups is 1. The summed E-state index contributed by atoms with van der Waals surface area (Å²) >= 11 is 1.40. The van der Waals surface area contributed by atoms with Crippen LogP contribution in [0.4, 0.5) is 0 Å². The molecular formula is C20H19N3O3S. The number of nitrogens with zero attached hydrogens (tertiary/aromatic N) is 2. The molecule has 0 fully saturated rings. The number of rotatable bonds is 6. The third-order valence-corrected chi connectivity index (χ3v) is 5.46. The summed E-state index contributed by atoms with van der Waals surface area (Å²) in [6.07, 6.45) is 3.84. The first-order valence-corrected chi connectivity index (χ1v) is 9.67. The zero-order valence-electron chi connectivity index (χ0n) is 14.9. The molecule has 138 valence electrons. The largest absolute Gasteiger partial charge is 0.459 e. The van der Waals surface area contributed by atoms with Crippen molar-refractivity contribution < 1.29 is 9.53 Å². The molecule has 1 aromatic carbocycles. The van der Waals surface area contributed by atoms with Gasteiger partial charge in [-0.05, 0) is 31.4 Å². The van der Waals surface area contributed by atoms with Crippen molar-refractivity contribution in [2.45, 2.75) is 32.8 Å². The molecule has 27 heavy (non-hydrogen) atoms. The van der Waals surface area contributed by atoms with Crippen LogP contribution < -0.4 is 5.56 Å². The van der Waals surface area contributed by atoms with Crippen LogP contribution in [0.2, 0.25) is 0 Å². The zero-order chi connectivity index (χ0) is 18.8. The van der Waals surface area contributed by atoms with E-state index in [2.05, 4.69) is 16.0 Å². The molecule has 3 aromatic heterocycles. The summed E-state index contributed by atoms with van der Waals surface area (Å²) in [6, 6.07) is 9.54. The van der Waals surface area contributed by atoms with E-state index >= 15 is 0 Å². The Balaban J connectivity index is 1.31. The smallest absolute Gasteiger partial charge is 0.306 e. The Morgan fingerprint density at radius 2 is 2.19 bits per heavy atom. The summed E-state index contributed by atoms with van der Waals surface area (Å²) in [4.78, 5) is 32.4. The molecular weight excluding hydrogens is 362 g/mol. The number of fused-ring (bicyclic) bond motifs is 2. The van der Waals surface area contributed by atoms with Gasteiger partial charge in [-0.2, -0.15) is 0 Å². The summed E-state index contributed by atoms with van der Waals surface area (Å²) in [5.41, 5.74) is 3.49. The molecule has 4 rings (SSSR count). The van der Waals surface area contributed by atoms with E-state index in [-0.39, 0.29) is 18.1 Å². The molecule has 0 spiro atoms. The van der Waals surface area contributed by atoms with Crippen LogP contribution in [0, 0.1) is 6.92 Å². The van der Waals surface area contributed by atoms with E-state index in [1.807, 2.05) is 36.7 Å². The van der Waals surface area contributed by atoms with Crippen LogP contribution in [0.3, 0.4) is 0 Å². The Bertz CT molecular complexity index is 1170. The second-order valence-electron chi connectivity index (χ2n) is 6.45. The van der Waals surface area contributed by atoms with E-state index < -0.39 is 0 Å². The molecule has 0 amide bonds. The normalized spacial score (nSPS) is 11.3. The number of H-pyrrole nitrogens is 1. The molecule has 0 saturated carbocycles. The number of esters is 1. The van der Waals surface area contributed by atoms with Crippen molar-refractivity contribution in [1.82, 2.24) is 14.4 Å². The van der Waals surface area contributed by atoms with Crippen molar-refractivity contribution >= 4 is 33.2 Å². The monoisotopic (exact) mass is 381 g/mol. The number of nitrogens with one attached hydrogen (secondary N) is 1. The van der Waals surface area contributed by atoms with Crippen LogP contribution >= 0.6 is 11.3 Å². The number of para-hydroxylation sites is 1. The van der Waals surface area contributed by atoms with Gasteiger partial charge < -0.3 is 9.72 Å². The lowest BCUT2D eigenvalue weighted by Gasteiger charge is -2.05. The average Bonchev–Trinajstić information content (AvgIpc) is 3.24. The minimum atomic E-state index is -0.279. The van der Waals surface area contributed by atoms with Crippen LogP contribution in [0.15, 0.2) is 46.7 Å². The fraction of sp³-hybridized carbons (Fsp3) is 0.250. The summed E-state index contributed by atoms with van der Waals surface area (Å²) in [7, 11) is 0. The van der Waals surface area contributed by atoms with Crippen molar-refractivity contribution in [2.24, 2.45) is 0 Å². The molecule has 1 N–H and O–H groups in total. The van der Waals surface area contributed by atoms with E-state index in [1.54, 1.807) is 4.40 Å². The highest BCUT2D eigenvalue weighted by Crippen LogP contribution is 2.19. The van der Waals surface area contributed by atoms with E-state index in [9.17, 15) is 9.59 Å². The lowest BCUT2D eigenvalue weighted by Crippen LogP contribution is -2.16. The Morgan fingerprint density at radius 1 is 1.33 bits per heavy atom. The van der Waals surface area contributed by atoms with E-state index in [0.717, 1.165) is 17.6 Å². The molecule has 3 heterocycles. The Kier molecular flexibility index (Phi) is 4.77. The molecule has 7 heteroatoms. The van der Waals surface area contributed by atoms with Crippen molar-refractivity contribution in [2.75, 3.05) is 0 Å². The van der Waals surface area contributed by atoms with E-state index in [0.29, 0.717) is 23.5 Å². The van der Waals surface area contributed by atoms with Gasteiger partial charge in [0.05, 0.1) is 5.69 Å². The zero-order valence-corrected chi connectivity index (χ0v) is 15.7. The molecule has 0 unspecified atom stereocenters. The molecule has 0 aliphatic heterocycles. The third kappa shape index (κ3) is 3.64. The fourth-order valence-electron chi connectivity index (χ4n) is 3.16. The second kappa shape index (κ2) is 7.36. The molecule has 6 nitrogen and oxygen atoms in total. The highest BCUT2D eigenvalue weighted by molar-refractivity contribution is 7.15. The van der Waals surface area contributed by atoms with Gasteiger partial charge in [-0.3, -0.25) is 14.0 Å². The lowest BCUT2D eigenvalue weighted by molar-refractivity contribution is -0.145. The number of carbonyl (C=O) groups excluding carboxylic acids is 1. The molecule has 4 aromatic rings. The van der Waals surface area contributed by atoms with Crippen LogP contribution in [-0.4, -0.2) is 20.3 Å². The number of hydrogen-bond acceptors (Lipinski definition) is 5. The third-order valence-electron chi connectivity index (χ3n) is 4.51. The lowest BCUT2D eigenvalue weighted by atomic mass is 10.1. The van der Waals surface area contributed by atoms with Gasteiger partial charge in [-0.25, -0.2) is 4.98 Å². The highest BCUT2D eigenvalue weighted by atomic mass is 32.1.